The largest absolute Gasteiger partial charge is 0.489 e. The van der Waals surface area contributed by atoms with E-state index in [0.717, 1.165) is 4.47 Å². The van der Waals surface area contributed by atoms with E-state index in [1.807, 2.05) is 24.3 Å². The fourth-order valence-corrected chi connectivity index (χ4v) is 1.40. The highest BCUT2D eigenvalue weighted by Crippen LogP contribution is 2.23. The van der Waals surface area contributed by atoms with Crippen LogP contribution in [0.15, 0.2) is 28.7 Å². The quantitative estimate of drug-likeness (QED) is 0.916. The lowest BCUT2D eigenvalue weighted by Crippen LogP contribution is -2.25. The molecule has 0 heterocycles. The Morgan fingerprint density at radius 3 is 2.80 bits per heavy atom. The molecule has 0 aromatic heterocycles. The summed E-state index contributed by atoms with van der Waals surface area (Å²) in [6, 6.07) is 7.44. The number of primary amides is 1. The van der Waals surface area contributed by atoms with Crippen LogP contribution >= 0.6 is 15.9 Å². The standard InChI is InChI=1S/C10H12BrNO3/c1-7(15-10(12)13)6-14-9-5-3-2-4-8(9)11/h2-5,7H,6H2,1H3,(H2,12,13)/t7-/m0/s1. The summed E-state index contributed by atoms with van der Waals surface area (Å²) < 4.78 is 11.0. The molecule has 82 valence electrons. The summed E-state index contributed by atoms with van der Waals surface area (Å²) in [5, 5.41) is 0. The van der Waals surface area contributed by atoms with Gasteiger partial charge >= 0.3 is 6.09 Å². The van der Waals surface area contributed by atoms with Gasteiger partial charge < -0.3 is 15.2 Å². The smallest absolute Gasteiger partial charge is 0.404 e. The highest BCUT2D eigenvalue weighted by molar-refractivity contribution is 9.10. The second-order valence-corrected chi connectivity index (χ2v) is 3.84. The van der Waals surface area contributed by atoms with Crippen LogP contribution in [0.25, 0.3) is 0 Å². The van der Waals surface area contributed by atoms with E-state index in [0.29, 0.717) is 5.75 Å². The van der Waals surface area contributed by atoms with Crippen molar-refractivity contribution in [3.05, 3.63) is 28.7 Å². The summed E-state index contributed by atoms with van der Waals surface area (Å²) in [4.78, 5) is 10.4. The molecule has 0 saturated carbocycles. The number of carbonyl (C=O) groups is 1. The Morgan fingerprint density at radius 2 is 2.20 bits per heavy atom. The van der Waals surface area contributed by atoms with Gasteiger partial charge in [0.1, 0.15) is 18.5 Å². The van der Waals surface area contributed by atoms with Gasteiger partial charge in [0.25, 0.3) is 0 Å². The molecule has 2 N–H and O–H groups in total. The normalized spacial score (nSPS) is 11.9. The Bertz CT molecular complexity index is 343. The Morgan fingerprint density at radius 1 is 1.53 bits per heavy atom. The fourth-order valence-electron chi connectivity index (χ4n) is 1.00. The average molecular weight is 274 g/mol. The number of amides is 1. The first-order valence-electron chi connectivity index (χ1n) is 4.43. The number of hydrogen-bond acceptors (Lipinski definition) is 3. The monoisotopic (exact) mass is 273 g/mol. The van der Waals surface area contributed by atoms with Crippen LogP contribution in [0.3, 0.4) is 0 Å². The maximum atomic E-state index is 10.4. The Balaban J connectivity index is 2.43. The van der Waals surface area contributed by atoms with Gasteiger partial charge in [0.05, 0.1) is 4.47 Å². The van der Waals surface area contributed by atoms with Crippen LogP contribution in [-0.2, 0) is 4.74 Å². The third-order valence-electron chi connectivity index (χ3n) is 1.63. The number of para-hydroxylation sites is 1. The summed E-state index contributed by atoms with van der Waals surface area (Å²) in [6.07, 6.45) is -1.16. The Kier molecular flexibility index (Phi) is 4.42. The molecular formula is C10H12BrNO3. The molecule has 0 aliphatic rings. The molecule has 1 amide bonds. The first kappa shape index (κ1) is 11.8. The second kappa shape index (κ2) is 5.60. The number of benzene rings is 1. The molecule has 1 rings (SSSR count). The van der Waals surface area contributed by atoms with Gasteiger partial charge in [-0.05, 0) is 35.0 Å². The van der Waals surface area contributed by atoms with Gasteiger partial charge in [0, 0.05) is 0 Å². The van der Waals surface area contributed by atoms with E-state index in [4.69, 9.17) is 15.2 Å². The summed E-state index contributed by atoms with van der Waals surface area (Å²) in [5.41, 5.74) is 4.87. The third-order valence-corrected chi connectivity index (χ3v) is 2.28. The highest BCUT2D eigenvalue weighted by Gasteiger charge is 2.07. The molecule has 0 fully saturated rings. The average Bonchev–Trinajstić information content (AvgIpc) is 2.15. The van der Waals surface area contributed by atoms with Crippen molar-refractivity contribution in [1.82, 2.24) is 0 Å². The molecule has 0 bridgehead atoms. The van der Waals surface area contributed by atoms with E-state index in [1.165, 1.54) is 0 Å². The van der Waals surface area contributed by atoms with Crippen molar-refractivity contribution in [2.24, 2.45) is 5.73 Å². The molecule has 0 saturated heterocycles. The third kappa shape index (κ3) is 4.20. The van der Waals surface area contributed by atoms with E-state index < -0.39 is 6.09 Å². The molecule has 1 aromatic rings. The summed E-state index contributed by atoms with van der Waals surface area (Å²) >= 11 is 3.34. The summed E-state index contributed by atoms with van der Waals surface area (Å²) in [5.74, 6) is 0.706. The Labute approximate surface area is 96.5 Å². The SMILES string of the molecule is C[C@@H](COc1ccccc1Br)OC(N)=O. The minimum atomic E-state index is -0.793. The first-order chi connectivity index (χ1) is 7.09. The van der Waals surface area contributed by atoms with E-state index >= 15 is 0 Å². The topological polar surface area (TPSA) is 61.6 Å². The van der Waals surface area contributed by atoms with Crippen molar-refractivity contribution in [2.45, 2.75) is 13.0 Å². The first-order valence-corrected chi connectivity index (χ1v) is 5.22. The molecule has 5 heteroatoms. The predicted molar refractivity (Wildman–Crippen MR) is 59.8 cm³/mol. The molecule has 0 aliphatic carbocycles. The van der Waals surface area contributed by atoms with Crippen LogP contribution in [0.5, 0.6) is 5.75 Å². The maximum Gasteiger partial charge on any atom is 0.404 e. The molecule has 1 aromatic carbocycles. The van der Waals surface area contributed by atoms with Crippen molar-refractivity contribution < 1.29 is 14.3 Å². The lowest BCUT2D eigenvalue weighted by Gasteiger charge is -2.13. The second-order valence-electron chi connectivity index (χ2n) is 2.99. The summed E-state index contributed by atoms with van der Waals surface area (Å²) in [6.45, 7) is 1.98. The van der Waals surface area contributed by atoms with Crippen molar-refractivity contribution >= 4 is 22.0 Å². The molecule has 0 spiro atoms. The Hall–Kier alpha value is -1.23. The van der Waals surface area contributed by atoms with E-state index in [-0.39, 0.29) is 12.7 Å². The van der Waals surface area contributed by atoms with Gasteiger partial charge in [0.15, 0.2) is 0 Å². The predicted octanol–water partition coefficient (Wildman–Crippen LogP) is 2.31. The minimum Gasteiger partial charge on any atom is -0.489 e. The van der Waals surface area contributed by atoms with Crippen molar-refractivity contribution in [3.8, 4) is 5.75 Å². The van der Waals surface area contributed by atoms with Crippen LogP contribution in [0.4, 0.5) is 4.79 Å². The van der Waals surface area contributed by atoms with Crippen molar-refractivity contribution in [2.75, 3.05) is 6.61 Å². The van der Waals surface area contributed by atoms with E-state index in [1.54, 1.807) is 6.92 Å². The minimum absolute atomic E-state index is 0.269. The van der Waals surface area contributed by atoms with Gasteiger partial charge in [-0.2, -0.15) is 0 Å². The zero-order valence-corrected chi connectivity index (χ0v) is 9.86. The lowest BCUT2D eigenvalue weighted by molar-refractivity contribution is 0.0821. The highest BCUT2D eigenvalue weighted by atomic mass is 79.9. The van der Waals surface area contributed by atoms with Crippen LogP contribution in [-0.4, -0.2) is 18.8 Å². The van der Waals surface area contributed by atoms with Gasteiger partial charge in [0.2, 0.25) is 0 Å². The van der Waals surface area contributed by atoms with Crippen LogP contribution < -0.4 is 10.5 Å². The van der Waals surface area contributed by atoms with E-state index in [2.05, 4.69) is 15.9 Å². The molecule has 0 aliphatic heterocycles. The lowest BCUT2D eigenvalue weighted by atomic mass is 10.3. The number of rotatable bonds is 4. The number of halogens is 1. The zero-order valence-electron chi connectivity index (χ0n) is 8.27. The van der Waals surface area contributed by atoms with Crippen molar-refractivity contribution in [1.29, 1.82) is 0 Å². The van der Waals surface area contributed by atoms with Crippen molar-refractivity contribution in [3.63, 3.8) is 0 Å². The zero-order chi connectivity index (χ0) is 11.3. The van der Waals surface area contributed by atoms with Gasteiger partial charge in [-0.15, -0.1) is 0 Å². The summed E-state index contributed by atoms with van der Waals surface area (Å²) in [7, 11) is 0. The number of hydrogen-bond donors (Lipinski definition) is 1. The number of carbonyl (C=O) groups excluding carboxylic acids is 1. The van der Waals surface area contributed by atoms with Crippen LogP contribution in [0.1, 0.15) is 6.92 Å². The molecule has 0 unspecified atom stereocenters. The fraction of sp³-hybridized carbons (Fsp3) is 0.300. The molecular weight excluding hydrogens is 262 g/mol. The van der Waals surface area contributed by atoms with Gasteiger partial charge in [-0.1, -0.05) is 12.1 Å². The molecule has 4 nitrogen and oxygen atoms in total. The van der Waals surface area contributed by atoms with Crippen LogP contribution in [0.2, 0.25) is 0 Å². The number of nitrogens with two attached hydrogens (primary N) is 1. The number of ether oxygens (including phenoxy) is 2. The van der Waals surface area contributed by atoms with Gasteiger partial charge in [-0.3, -0.25) is 0 Å². The molecule has 0 radical (unpaired) electrons. The maximum absolute atomic E-state index is 10.4. The van der Waals surface area contributed by atoms with Gasteiger partial charge in [-0.25, -0.2) is 4.79 Å². The molecule has 1 atom stereocenters. The molecule has 15 heavy (non-hydrogen) atoms. The van der Waals surface area contributed by atoms with E-state index in [9.17, 15) is 4.79 Å². The van der Waals surface area contributed by atoms with Crippen LogP contribution in [0, 0.1) is 0 Å².